The third-order valence-electron chi connectivity index (χ3n) is 5.56. The largest absolute Gasteiger partial charge is 0.463 e. The SMILES string of the molecule is C=CN=C(C)C1=C(C)CC(C)(C)C(NC(=NC)OCC2(N(C)C)CC2)=C1. The van der Waals surface area contributed by atoms with E-state index in [1.165, 1.54) is 18.4 Å². The van der Waals surface area contributed by atoms with Gasteiger partial charge >= 0.3 is 0 Å². The zero-order chi connectivity index (χ0) is 19.5. The molecule has 0 unspecified atom stereocenters. The van der Waals surface area contributed by atoms with E-state index < -0.39 is 0 Å². The van der Waals surface area contributed by atoms with Gasteiger partial charge in [-0.1, -0.05) is 26.0 Å². The Morgan fingerprint density at radius 1 is 1.38 bits per heavy atom. The predicted molar refractivity (Wildman–Crippen MR) is 111 cm³/mol. The Kier molecular flexibility index (Phi) is 6.12. The molecule has 0 bridgehead atoms. The van der Waals surface area contributed by atoms with Crippen molar-refractivity contribution in [3.05, 3.63) is 35.7 Å². The number of aliphatic imine (C=N–C) groups is 2. The van der Waals surface area contributed by atoms with E-state index in [0.717, 1.165) is 23.4 Å². The first-order chi connectivity index (χ1) is 12.1. The molecule has 0 aromatic carbocycles. The highest BCUT2D eigenvalue weighted by molar-refractivity contribution is 6.02. The van der Waals surface area contributed by atoms with Crippen LogP contribution >= 0.6 is 0 Å². The van der Waals surface area contributed by atoms with Crippen LogP contribution in [0.4, 0.5) is 0 Å². The first kappa shape index (κ1) is 20.4. The molecule has 0 aromatic heterocycles. The summed E-state index contributed by atoms with van der Waals surface area (Å²) in [6.07, 6.45) is 7.08. The Hall–Kier alpha value is -1.88. The zero-order valence-electron chi connectivity index (χ0n) is 17.4. The molecule has 5 nitrogen and oxygen atoms in total. The lowest BCUT2D eigenvalue weighted by atomic mass is 9.76. The summed E-state index contributed by atoms with van der Waals surface area (Å²) in [6.45, 7) is 13.0. The van der Waals surface area contributed by atoms with Crippen LogP contribution in [0.15, 0.2) is 45.7 Å². The quantitative estimate of drug-likeness (QED) is 0.578. The van der Waals surface area contributed by atoms with Crippen molar-refractivity contribution in [2.75, 3.05) is 27.7 Å². The highest BCUT2D eigenvalue weighted by atomic mass is 16.5. The lowest BCUT2D eigenvalue weighted by Gasteiger charge is -2.34. The Labute approximate surface area is 158 Å². The minimum atomic E-state index is -0.0137. The molecule has 26 heavy (non-hydrogen) atoms. The molecule has 2 aliphatic rings. The Morgan fingerprint density at radius 3 is 2.54 bits per heavy atom. The lowest BCUT2D eigenvalue weighted by Crippen LogP contribution is -2.40. The van der Waals surface area contributed by atoms with Gasteiger partial charge in [-0.3, -0.25) is 4.99 Å². The molecule has 0 aliphatic heterocycles. The topological polar surface area (TPSA) is 49.2 Å². The molecule has 0 saturated heterocycles. The van der Waals surface area contributed by atoms with E-state index in [1.54, 1.807) is 13.2 Å². The van der Waals surface area contributed by atoms with Gasteiger partial charge in [0, 0.05) is 30.1 Å². The summed E-state index contributed by atoms with van der Waals surface area (Å²) in [7, 11) is 5.99. The molecule has 2 rings (SSSR count). The molecular weight excluding hydrogens is 324 g/mol. The van der Waals surface area contributed by atoms with Gasteiger partial charge in [-0.05, 0) is 58.9 Å². The van der Waals surface area contributed by atoms with Gasteiger partial charge in [0.15, 0.2) is 0 Å². The maximum absolute atomic E-state index is 6.04. The van der Waals surface area contributed by atoms with Gasteiger partial charge in [0.05, 0.1) is 5.54 Å². The monoisotopic (exact) mass is 358 g/mol. The van der Waals surface area contributed by atoms with Gasteiger partial charge in [0.2, 0.25) is 0 Å². The number of allylic oxidation sites excluding steroid dienone is 4. The Balaban J connectivity index is 2.17. The zero-order valence-corrected chi connectivity index (χ0v) is 17.4. The van der Waals surface area contributed by atoms with E-state index in [1.807, 2.05) is 6.92 Å². The van der Waals surface area contributed by atoms with Gasteiger partial charge in [-0.15, -0.1) is 0 Å². The van der Waals surface area contributed by atoms with Gasteiger partial charge in [-0.2, -0.15) is 0 Å². The van der Waals surface area contributed by atoms with Crippen LogP contribution in [0.1, 0.15) is 47.0 Å². The van der Waals surface area contributed by atoms with Gasteiger partial charge in [0.1, 0.15) is 6.61 Å². The molecular formula is C21H34N4O. The molecule has 2 aliphatic carbocycles. The van der Waals surface area contributed by atoms with Crippen molar-refractivity contribution < 1.29 is 4.74 Å². The number of nitrogens with one attached hydrogen (secondary N) is 1. The van der Waals surface area contributed by atoms with Crippen molar-refractivity contribution >= 4 is 11.7 Å². The first-order valence-electron chi connectivity index (χ1n) is 9.27. The minimum absolute atomic E-state index is 0.0137. The van der Waals surface area contributed by atoms with Crippen molar-refractivity contribution in [1.29, 1.82) is 0 Å². The van der Waals surface area contributed by atoms with E-state index in [-0.39, 0.29) is 11.0 Å². The number of likely N-dealkylation sites (N-methyl/N-ethyl adjacent to an activating group) is 1. The molecule has 0 heterocycles. The molecule has 1 saturated carbocycles. The summed E-state index contributed by atoms with van der Waals surface area (Å²) in [4.78, 5) is 10.9. The predicted octanol–water partition coefficient (Wildman–Crippen LogP) is 3.91. The summed E-state index contributed by atoms with van der Waals surface area (Å²) in [6, 6.07) is 0.578. The summed E-state index contributed by atoms with van der Waals surface area (Å²) >= 11 is 0. The van der Waals surface area contributed by atoms with Crippen molar-refractivity contribution in [3.8, 4) is 0 Å². The van der Waals surface area contributed by atoms with Crippen LogP contribution in [-0.2, 0) is 4.74 Å². The van der Waals surface area contributed by atoms with Crippen LogP contribution in [0.5, 0.6) is 0 Å². The van der Waals surface area contributed by atoms with Gasteiger partial charge in [0.25, 0.3) is 6.02 Å². The van der Waals surface area contributed by atoms with E-state index in [2.05, 4.69) is 67.7 Å². The standard InChI is InChI=1S/C21H34N4O/c1-9-23-16(3)17-12-18(20(4,5)13-15(17)2)24-19(22-6)26-14-21(10-11-21)25(7)8/h9,12H,1,10-11,13-14H2,2-8H3,(H,22,24). The highest BCUT2D eigenvalue weighted by Gasteiger charge is 2.46. The Bertz CT molecular complexity index is 676. The fourth-order valence-corrected chi connectivity index (χ4v) is 3.48. The lowest BCUT2D eigenvalue weighted by molar-refractivity contribution is 0.154. The molecule has 0 aromatic rings. The number of hydrogen-bond acceptors (Lipinski definition) is 4. The van der Waals surface area contributed by atoms with Crippen molar-refractivity contribution in [3.63, 3.8) is 0 Å². The summed E-state index contributed by atoms with van der Waals surface area (Å²) in [5.41, 5.74) is 4.74. The molecule has 0 atom stereocenters. The second kappa shape index (κ2) is 7.78. The summed E-state index contributed by atoms with van der Waals surface area (Å²) in [5.74, 6) is 0. The fourth-order valence-electron chi connectivity index (χ4n) is 3.48. The van der Waals surface area contributed by atoms with Crippen LogP contribution in [0.3, 0.4) is 0 Å². The van der Waals surface area contributed by atoms with Gasteiger partial charge < -0.3 is 15.0 Å². The van der Waals surface area contributed by atoms with Crippen LogP contribution in [0.2, 0.25) is 0 Å². The van der Waals surface area contributed by atoms with Crippen LogP contribution in [0, 0.1) is 5.41 Å². The summed E-state index contributed by atoms with van der Waals surface area (Å²) < 4.78 is 6.04. The first-order valence-corrected chi connectivity index (χ1v) is 9.27. The normalized spacial score (nSPS) is 22.2. The fraction of sp³-hybridized carbons (Fsp3) is 0.619. The third kappa shape index (κ3) is 4.44. The Morgan fingerprint density at radius 2 is 2.04 bits per heavy atom. The molecule has 0 radical (unpaired) electrons. The average Bonchev–Trinajstić information content (AvgIpc) is 3.34. The summed E-state index contributed by atoms with van der Waals surface area (Å²) in [5, 5.41) is 3.44. The highest BCUT2D eigenvalue weighted by Crippen LogP contribution is 2.41. The van der Waals surface area contributed by atoms with E-state index in [9.17, 15) is 0 Å². The number of amidine groups is 1. The van der Waals surface area contributed by atoms with Crippen molar-refractivity contribution in [2.45, 2.75) is 52.5 Å². The second-order valence-corrected chi connectivity index (χ2v) is 8.27. The molecule has 0 amide bonds. The van der Waals surface area contributed by atoms with Gasteiger partial charge in [-0.25, -0.2) is 4.99 Å². The number of hydrogen-bond donors (Lipinski definition) is 1. The number of nitrogens with zero attached hydrogens (tertiary/aromatic N) is 3. The molecule has 1 fully saturated rings. The molecule has 144 valence electrons. The van der Waals surface area contributed by atoms with Crippen LogP contribution in [-0.4, -0.2) is 49.9 Å². The van der Waals surface area contributed by atoms with E-state index in [0.29, 0.717) is 12.6 Å². The van der Waals surface area contributed by atoms with Crippen LogP contribution in [0.25, 0.3) is 0 Å². The second-order valence-electron chi connectivity index (χ2n) is 8.27. The average molecular weight is 359 g/mol. The minimum Gasteiger partial charge on any atom is -0.463 e. The van der Waals surface area contributed by atoms with E-state index >= 15 is 0 Å². The number of rotatable bonds is 6. The van der Waals surface area contributed by atoms with Crippen LogP contribution < -0.4 is 5.32 Å². The molecule has 5 heteroatoms. The molecule has 1 N–H and O–H groups in total. The molecule has 0 spiro atoms. The van der Waals surface area contributed by atoms with Crippen molar-refractivity contribution in [1.82, 2.24) is 10.2 Å². The smallest absolute Gasteiger partial charge is 0.288 e. The maximum Gasteiger partial charge on any atom is 0.288 e. The third-order valence-corrected chi connectivity index (χ3v) is 5.56. The maximum atomic E-state index is 6.04. The van der Waals surface area contributed by atoms with Crippen molar-refractivity contribution in [2.24, 2.45) is 15.4 Å². The number of ether oxygens (including phenoxy) is 1. The van der Waals surface area contributed by atoms with E-state index in [4.69, 9.17) is 4.74 Å².